The van der Waals surface area contributed by atoms with Crippen LogP contribution in [0.1, 0.15) is 98.5 Å². The summed E-state index contributed by atoms with van der Waals surface area (Å²) >= 11 is 0. The zero-order valence-electron chi connectivity index (χ0n) is 45.9. The van der Waals surface area contributed by atoms with Gasteiger partial charge in [-0.25, -0.2) is 11.7 Å². The predicted molar refractivity (Wildman–Crippen MR) is 329 cm³/mol. The van der Waals surface area contributed by atoms with Crippen molar-refractivity contribution in [1.29, 1.82) is 0 Å². The topological polar surface area (TPSA) is 69.9 Å². The molecule has 7 nitrogen and oxygen atoms in total. The molecule has 0 radical (unpaired) electrons. The van der Waals surface area contributed by atoms with Crippen LogP contribution in [0, 0.1) is 0 Å². The molecule has 7 heteroatoms. The van der Waals surface area contributed by atoms with Gasteiger partial charge in [-0.15, -0.1) is 0 Å². The molecule has 1 aromatic heterocycles. The Morgan fingerprint density at radius 2 is 0.658 bits per heavy atom. The van der Waals surface area contributed by atoms with Crippen LogP contribution in [-0.2, 0) is 28.1 Å². The summed E-state index contributed by atoms with van der Waals surface area (Å²) in [6.07, 6.45) is 0.811. The molecule has 386 valence electrons. The number of hydrazine groups is 2. The lowest BCUT2D eigenvalue weighted by molar-refractivity contribution is 0.561. The van der Waals surface area contributed by atoms with Gasteiger partial charge < -0.3 is 14.4 Å². The van der Waals surface area contributed by atoms with Crippen LogP contribution in [0.2, 0.25) is 0 Å². The number of para-hydroxylation sites is 6. The molecule has 0 amide bonds. The van der Waals surface area contributed by atoms with E-state index in [2.05, 4.69) is 281 Å². The first kappa shape index (κ1) is 47.3. The van der Waals surface area contributed by atoms with Gasteiger partial charge in [0.1, 0.15) is 0 Å². The Kier molecular flexibility index (Phi) is 9.93. The molecule has 4 N–H and O–H groups in total. The monoisotopic (exact) mass is 1030 g/mol. The van der Waals surface area contributed by atoms with Crippen molar-refractivity contribution in [3.63, 3.8) is 0 Å². The van der Waals surface area contributed by atoms with Crippen LogP contribution >= 0.6 is 0 Å². The van der Waals surface area contributed by atoms with E-state index in [1.807, 2.05) is 10.0 Å². The Morgan fingerprint density at radius 3 is 1.18 bits per heavy atom. The molecule has 0 atom stereocenters. The Labute approximate surface area is 463 Å². The molecule has 11 aromatic rings. The SMILES string of the molecule is CC1(C)c2cc(N3c4ccccc4C(C)(C)c4ccccc43)ccc2N(N)c2ccc(N3c4ccccc4C(C)(Cc4ccc5c(c4)c4ccccc4n5-c4ccc5c(c4)C(C)(C)c4ccccc4N5N)c4ccccc43)cc21. The highest BCUT2D eigenvalue weighted by Crippen LogP contribution is 2.58. The third kappa shape index (κ3) is 6.55. The summed E-state index contributed by atoms with van der Waals surface area (Å²) in [7, 11) is 0. The fourth-order valence-corrected chi connectivity index (χ4v) is 14.7. The number of hydrogen-bond acceptors (Lipinski definition) is 6. The molecule has 4 aliphatic heterocycles. The predicted octanol–water partition coefficient (Wildman–Crippen LogP) is 17.5. The molecule has 79 heavy (non-hydrogen) atoms. The number of nitrogens with zero attached hydrogens (tertiary/aromatic N) is 5. The van der Waals surface area contributed by atoms with E-state index in [1.165, 1.54) is 94.6 Å². The van der Waals surface area contributed by atoms with Gasteiger partial charge in [0.25, 0.3) is 0 Å². The maximum Gasteiger partial charge on any atom is 0.0617 e. The van der Waals surface area contributed by atoms with Crippen molar-refractivity contribution in [2.24, 2.45) is 11.7 Å². The van der Waals surface area contributed by atoms with Gasteiger partial charge in [-0.2, -0.15) is 0 Å². The Hall–Kier alpha value is -8.88. The zero-order valence-corrected chi connectivity index (χ0v) is 45.9. The third-order valence-corrected chi connectivity index (χ3v) is 18.8. The third-order valence-electron chi connectivity index (χ3n) is 18.8. The van der Waals surface area contributed by atoms with E-state index in [9.17, 15) is 0 Å². The van der Waals surface area contributed by atoms with E-state index in [-0.39, 0.29) is 16.2 Å². The van der Waals surface area contributed by atoms with Gasteiger partial charge in [0.15, 0.2) is 0 Å². The molecule has 0 bridgehead atoms. The summed E-state index contributed by atoms with van der Waals surface area (Å²) in [6, 6.07) is 80.8. The number of fused-ring (bicyclic) bond motifs is 11. The van der Waals surface area contributed by atoms with Gasteiger partial charge in [0.2, 0.25) is 0 Å². The van der Waals surface area contributed by atoms with Crippen molar-refractivity contribution in [1.82, 2.24) is 4.57 Å². The second-order valence-electron chi connectivity index (χ2n) is 24.2. The summed E-state index contributed by atoms with van der Waals surface area (Å²) in [5, 5.41) is 6.23. The summed E-state index contributed by atoms with van der Waals surface area (Å²) in [4.78, 5) is 4.93. The normalized spacial score (nSPS) is 16.5. The molecule has 15 rings (SSSR count). The zero-order chi connectivity index (χ0) is 53.9. The molecule has 0 saturated heterocycles. The molecule has 10 aromatic carbocycles. The van der Waals surface area contributed by atoms with Gasteiger partial charge in [-0.1, -0.05) is 164 Å². The second kappa shape index (κ2) is 16.6. The average Bonchev–Trinajstić information content (AvgIpc) is 3.98. The lowest BCUT2D eigenvalue weighted by Gasteiger charge is -2.45. The Balaban J connectivity index is 0.806. The van der Waals surface area contributed by atoms with E-state index < -0.39 is 5.41 Å². The van der Waals surface area contributed by atoms with Crippen LogP contribution in [0.3, 0.4) is 0 Å². The van der Waals surface area contributed by atoms with Crippen LogP contribution in [0.5, 0.6) is 0 Å². The number of hydrogen-bond donors (Lipinski definition) is 2. The van der Waals surface area contributed by atoms with Crippen LogP contribution in [0.4, 0.5) is 56.9 Å². The number of aromatic nitrogens is 1. The standard InChI is InChI=1S/C72H63N7/c1-69(2)51-21-9-15-27-61(51)76(62-28-16-10-22-52(62)69)47-34-38-67-57(42-47)71(5,6)58-43-48(35-39-68(58)79(67)74)77-63-29-17-12-24-54(63)72(7,55-25-13-18-30-64(55)77)44-45-32-36-60-50(40-45)49-20-8-14-26-59(49)75(60)46-33-37-66-56(41-46)70(3,4)53-23-11-19-31-65(53)78(66)73/h8-43H,44,73-74H2,1-7H3. The van der Waals surface area contributed by atoms with Gasteiger partial charge in [-0.3, -0.25) is 10.0 Å². The van der Waals surface area contributed by atoms with Crippen molar-refractivity contribution in [2.75, 3.05) is 19.8 Å². The van der Waals surface area contributed by atoms with Crippen molar-refractivity contribution >= 4 is 78.7 Å². The molecule has 5 heterocycles. The highest BCUT2D eigenvalue weighted by molar-refractivity contribution is 6.09. The van der Waals surface area contributed by atoms with Crippen LogP contribution < -0.4 is 31.5 Å². The quantitative estimate of drug-likeness (QED) is 0.167. The van der Waals surface area contributed by atoms with Crippen LogP contribution in [-0.4, -0.2) is 4.57 Å². The molecule has 0 saturated carbocycles. The average molecular weight is 1030 g/mol. The van der Waals surface area contributed by atoms with Crippen LogP contribution in [0.25, 0.3) is 27.5 Å². The number of benzene rings is 10. The second-order valence-corrected chi connectivity index (χ2v) is 24.2. The summed E-state index contributed by atoms with van der Waals surface area (Å²) in [5.41, 5.74) is 24.7. The highest BCUT2D eigenvalue weighted by atomic mass is 15.4. The maximum absolute atomic E-state index is 7.24. The molecule has 0 aliphatic carbocycles. The fourth-order valence-electron chi connectivity index (χ4n) is 14.7. The van der Waals surface area contributed by atoms with E-state index in [1.54, 1.807) is 0 Å². The lowest BCUT2D eigenvalue weighted by Crippen LogP contribution is -2.38. The first-order chi connectivity index (χ1) is 38.2. The first-order valence-electron chi connectivity index (χ1n) is 27.8. The highest BCUT2D eigenvalue weighted by Gasteiger charge is 2.43. The van der Waals surface area contributed by atoms with Crippen molar-refractivity contribution < 1.29 is 0 Å². The molecule has 0 fully saturated rings. The Morgan fingerprint density at radius 1 is 0.304 bits per heavy atom. The number of nitrogens with two attached hydrogens (primary N) is 2. The molecule has 4 aliphatic rings. The fraction of sp³-hybridized carbons (Fsp3) is 0.167. The largest absolute Gasteiger partial charge is 0.310 e. The summed E-state index contributed by atoms with van der Waals surface area (Å²) in [5.74, 6) is 14.1. The molecular weight excluding hydrogens is 963 g/mol. The van der Waals surface area contributed by atoms with E-state index in [4.69, 9.17) is 11.7 Å². The number of anilines is 10. The van der Waals surface area contributed by atoms with Crippen molar-refractivity contribution in [2.45, 2.75) is 76.5 Å². The smallest absolute Gasteiger partial charge is 0.0617 e. The van der Waals surface area contributed by atoms with Gasteiger partial charge in [-0.05, 0) is 160 Å². The lowest BCUT2D eigenvalue weighted by atomic mass is 9.68. The number of rotatable bonds is 5. The van der Waals surface area contributed by atoms with E-state index in [0.29, 0.717) is 0 Å². The maximum atomic E-state index is 7.24. The van der Waals surface area contributed by atoms with Crippen molar-refractivity contribution in [3.8, 4) is 5.69 Å². The summed E-state index contributed by atoms with van der Waals surface area (Å²) < 4.78 is 2.44. The minimum absolute atomic E-state index is 0.146. The first-order valence-corrected chi connectivity index (χ1v) is 27.8. The molecular formula is C72H63N7. The van der Waals surface area contributed by atoms with Crippen molar-refractivity contribution in [3.05, 3.63) is 268 Å². The van der Waals surface area contributed by atoms with Gasteiger partial charge in [0, 0.05) is 49.5 Å². The minimum Gasteiger partial charge on any atom is -0.310 e. The van der Waals surface area contributed by atoms with E-state index in [0.717, 1.165) is 46.2 Å². The Bertz CT molecular complexity index is 4270. The van der Waals surface area contributed by atoms with Gasteiger partial charge in [0.05, 0.1) is 56.5 Å². The minimum atomic E-state index is -0.403. The van der Waals surface area contributed by atoms with Gasteiger partial charge >= 0.3 is 0 Å². The van der Waals surface area contributed by atoms with Crippen LogP contribution in [0.15, 0.2) is 218 Å². The summed E-state index contributed by atoms with van der Waals surface area (Å²) in [6.45, 7) is 16.5. The van der Waals surface area contributed by atoms with E-state index >= 15 is 0 Å². The molecule has 0 spiro atoms. The molecule has 0 unspecified atom stereocenters.